The second kappa shape index (κ2) is 64.0. The van der Waals surface area contributed by atoms with Crippen LogP contribution in [0.3, 0.4) is 0 Å². The van der Waals surface area contributed by atoms with Crippen LogP contribution in [0.5, 0.6) is 0 Å². The minimum absolute atomic E-state index is 0.0421. The molecular weight excluding hydrogens is 1060 g/mol. The Bertz CT molecular complexity index is 1570. The fourth-order valence-electron chi connectivity index (χ4n) is 10.9. The maximum atomic E-state index is 13.6. The van der Waals surface area contributed by atoms with Gasteiger partial charge in [0.05, 0.1) is 33.8 Å². The Morgan fingerprint density at radius 3 is 1.11 bits per heavy atom. The summed E-state index contributed by atoms with van der Waals surface area (Å²) in [7, 11) is 1.51. The van der Waals surface area contributed by atoms with Crippen LogP contribution < -0.4 is 5.32 Å². The van der Waals surface area contributed by atoms with Crippen molar-refractivity contribution in [2.24, 2.45) is 0 Å². The first kappa shape index (κ1) is 82.0. The number of phosphoric acid groups is 1. The zero-order valence-electron chi connectivity index (χ0n) is 56.7. The van der Waals surface area contributed by atoms with Gasteiger partial charge in [-0.2, -0.15) is 0 Å². The number of phosphoric ester groups is 1. The first-order chi connectivity index (χ1) is 40.9. The molecule has 10 heteroatoms. The van der Waals surface area contributed by atoms with Gasteiger partial charge >= 0.3 is 13.8 Å². The van der Waals surface area contributed by atoms with Crippen LogP contribution in [0, 0.1) is 0 Å². The molecule has 2 N–H and O–H groups in total. The highest BCUT2D eigenvalue weighted by Gasteiger charge is 2.30. The number of rotatable bonds is 67. The number of allylic oxidation sites excluding steroid dienone is 7. The molecule has 0 heterocycles. The summed E-state index contributed by atoms with van der Waals surface area (Å²) in [5.74, 6) is -0.488. The number of likely N-dealkylation sites (N-methyl/N-ethyl adjacent to an activating group) is 1. The van der Waals surface area contributed by atoms with E-state index in [2.05, 4.69) is 62.5 Å². The van der Waals surface area contributed by atoms with Crippen molar-refractivity contribution in [2.45, 2.75) is 373 Å². The smallest absolute Gasteiger partial charge is 0.456 e. The number of hydrogen-bond acceptors (Lipinski definition) is 6. The number of hydrogen-bond donors (Lipinski definition) is 2. The molecule has 0 saturated heterocycles. The Balaban J connectivity index is 5.02. The molecule has 0 bridgehead atoms. The average molecular weight is 1200 g/mol. The Kier molecular flexibility index (Phi) is 62.4. The Morgan fingerprint density at radius 2 is 0.726 bits per heavy atom. The van der Waals surface area contributed by atoms with Crippen molar-refractivity contribution in [3.8, 4) is 0 Å². The molecule has 3 unspecified atom stereocenters. The summed E-state index contributed by atoms with van der Waals surface area (Å²) in [6.07, 6.45) is 81.2. The Labute approximate surface area is 522 Å². The third-order valence-electron chi connectivity index (χ3n) is 16.5. The molecule has 0 fully saturated rings. The van der Waals surface area contributed by atoms with Gasteiger partial charge in [0.15, 0.2) is 0 Å². The van der Waals surface area contributed by atoms with E-state index in [9.17, 15) is 19.0 Å². The van der Waals surface area contributed by atoms with Crippen LogP contribution >= 0.6 is 7.82 Å². The predicted octanol–water partition coefficient (Wildman–Crippen LogP) is 23.2. The van der Waals surface area contributed by atoms with Crippen molar-refractivity contribution in [3.63, 3.8) is 0 Å². The van der Waals surface area contributed by atoms with Gasteiger partial charge in [0.2, 0.25) is 5.91 Å². The largest absolute Gasteiger partial charge is 0.472 e. The highest BCUT2D eigenvalue weighted by Crippen LogP contribution is 2.43. The molecule has 0 rings (SSSR count). The fraction of sp³-hybridized carbons (Fsp3) is 0.865. The number of carbonyl (C=O) groups excluding carboxylic acids is 2. The van der Waals surface area contributed by atoms with E-state index in [1.54, 1.807) is 0 Å². The van der Waals surface area contributed by atoms with Gasteiger partial charge in [-0.1, -0.05) is 327 Å². The minimum atomic E-state index is -4.45. The van der Waals surface area contributed by atoms with E-state index >= 15 is 0 Å². The lowest BCUT2D eigenvalue weighted by Gasteiger charge is -2.27. The molecule has 9 nitrogen and oxygen atoms in total. The number of nitrogens with zero attached hydrogens (tertiary/aromatic N) is 1. The zero-order chi connectivity index (χ0) is 61.4. The van der Waals surface area contributed by atoms with Crippen molar-refractivity contribution in [1.82, 2.24) is 5.32 Å². The first-order valence-corrected chi connectivity index (χ1v) is 38.0. The van der Waals surface area contributed by atoms with Crippen molar-refractivity contribution in [2.75, 3.05) is 40.9 Å². The van der Waals surface area contributed by atoms with Crippen molar-refractivity contribution in [3.05, 3.63) is 48.6 Å². The van der Waals surface area contributed by atoms with Crippen molar-refractivity contribution < 1.29 is 37.3 Å². The van der Waals surface area contributed by atoms with Crippen molar-refractivity contribution in [1.29, 1.82) is 0 Å². The number of carbonyl (C=O) groups is 2. The van der Waals surface area contributed by atoms with Gasteiger partial charge in [-0.15, -0.1) is 0 Å². The SMILES string of the molecule is CCCCC/C=C\C/C=C\C/C=C\CCCCCCCCCCCCCCC(=O)OC(/C=C/CCCCCCCCCCCC)C(COP(=O)(O)OCC[N+](C)(C)C)NC(=O)CCCCCCCCCCCCCCCCCCCCCCC. The summed E-state index contributed by atoms with van der Waals surface area (Å²) in [6, 6.07) is -0.847. The summed E-state index contributed by atoms with van der Waals surface area (Å²) in [4.78, 5) is 37.9. The van der Waals surface area contributed by atoms with E-state index in [0.717, 1.165) is 70.6 Å². The molecule has 1 amide bonds. The molecule has 84 heavy (non-hydrogen) atoms. The van der Waals surface area contributed by atoms with Gasteiger partial charge < -0.3 is 19.4 Å². The second-order valence-corrected chi connectivity index (χ2v) is 27.6. The molecule has 0 saturated carbocycles. The van der Waals surface area contributed by atoms with Crippen LogP contribution in [0.2, 0.25) is 0 Å². The number of quaternary nitrogens is 1. The van der Waals surface area contributed by atoms with Crippen LogP contribution in [0.1, 0.15) is 361 Å². The Morgan fingerprint density at radius 1 is 0.417 bits per heavy atom. The summed E-state index contributed by atoms with van der Waals surface area (Å²) >= 11 is 0. The Hall–Kier alpha value is -2.03. The lowest BCUT2D eigenvalue weighted by molar-refractivity contribution is -0.870. The highest BCUT2D eigenvalue weighted by molar-refractivity contribution is 7.47. The predicted molar refractivity (Wildman–Crippen MR) is 365 cm³/mol. The highest BCUT2D eigenvalue weighted by atomic mass is 31.2. The number of esters is 1. The molecule has 0 spiro atoms. The van der Waals surface area contributed by atoms with E-state index in [1.807, 2.05) is 33.3 Å². The summed E-state index contributed by atoms with van der Waals surface area (Å²) in [5, 5.41) is 3.08. The van der Waals surface area contributed by atoms with Gasteiger partial charge in [0, 0.05) is 12.8 Å². The van der Waals surface area contributed by atoms with Gasteiger partial charge in [-0.25, -0.2) is 4.57 Å². The van der Waals surface area contributed by atoms with Crippen LogP contribution in [0.25, 0.3) is 0 Å². The van der Waals surface area contributed by atoms with E-state index < -0.39 is 20.0 Å². The lowest BCUT2D eigenvalue weighted by atomic mass is 10.0. The molecule has 0 aromatic rings. The topological polar surface area (TPSA) is 111 Å². The molecule has 0 aliphatic heterocycles. The monoisotopic (exact) mass is 1200 g/mol. The first-order valence-electron chi connectivity index (χ1n) is 36.5. The quantitative estimate of drug-likeness (QED) is 0.0205. The van der Waals surface area contributed by atoms with E-state index in [4.69, 9.17) is 13.8 Å². The van der Waals surface area contributed by atoms with Gasteiger partial charge in [-0.05, 0) is 70.3 Å². The average Bonchev–Trinajstić information content (AvgIpc) is 3.64. The van der Waals surface area contributed by atoms with Gasteiger partial charge in [0.25, 0.3) is 0 Å². The standard InChI is InChI=1S/C74H141N2O7P/c1-7-10-13-16-19-22-25-28-30-32-34-36-37-38-39-41-43-45-47-49-52-55-58-61-64-67-74(78)83-72(65-62-59-56-53-50-27-24-21-18-15-12-9-3)71(70-82-84(79,80)81-69-68-76(4,5)6)75-73(77)66-63-60-57-54-51-48-46-44-42-40-35-33-31-29-26-23-20-17-14-11-8-2/h19,22,28,30,34,36,62,65,71-72H,7-18,20-21,23-27,29,31-33,35,37-61,63-64,66-70H2,1-6H3,(H-,75,77,79,80)/p+1/b22-19-,30-28-,36-34-,65-62+. The third-order valence-corrected chi connectivity index (χ3v) is 17.5. The minimum Gasteiger partial charge on any atom is -0.456 e. The van der Waals surface area contributed by atoms with Crippen molar-refractivity contribution >= 4 is 19.7 Å². The summed E-state index contributed by atoms with van der Waals surface area (Å²) < 4.78 is 30.9. The number of unbranched alkanes of at least 4 members (excludes halogenated alkanes) is 45. The third kappa shape index (κ3) is 64.4. The number of nitrogens with one attached hydrogen (secondary N) is 1. The van der Waals surface area contributed by atoms with Crippen LogP contribution in [-0.2, 0) is 27.9 Å². The molecule has 0 aromatic carbocycles. The zero-order valence-corrected chi connectivity index (χ0v) is 57.6. The summed E-state index contributed by atoms with van der Waals surface area (Å²) in [5.41, 5.74) is 0. The molecule has 3 atom stereocenters. The molecule has 0 aliphatic carbocycles. The molecule has 494 valence electrons. The maximum absolute atomic E-state index is 13.6. The van der Waals surface area contributed by atoms with Gasteiger partial charge in [-0.3, -0.25) is 18.6 Å². The fourth-order valence-corrected chi connectivity index (χ4v) is 11.6. The molecular formula is C74H142N2O7P+. The van der Waals surface area contributed by atoms with E-state index in [1.165, 1.54) is 257 Å². The van der Waals surface area contributed by atoms with E-state index in [0.29, 0.717) is 23.9 Å². The van der Waals surface area contributed by atoms with Crippen LogP contribution in [0.4, 0.5) is 0 Å². The molecule has 0 radical (unpaired) electrons. The van der Waals surface area contributed by atoms with Gasteiger partial charge in [0.1, 0.15) is 19.3 Å². The molecule has 0 aromatic heterocycles. The van der Waals surface area contributed by atoms with E-state index in [-0.39, 0.29) is 25.1 Å². The number of ether oxygens (including phenoxy) is 1. The normalized spacial score (nSPS) is 13.8. The maximum Gasteiger partial charge on any atom is 0.472 e. The number of amides is 1. The van der Waals surface area contributed by atoms with Crippen LogP contribution in [-0.4, -0.2) is 74.3 Å². The van der Waals surface area contributed by atoms with Crippen LogP contribution in [0.15, 0.2) is 48.6 Å². The lowest BCUT2D eigenvalue weighted by Crippen LogP contribution is -2.47. The second-order valence-electron chi connectivity index (χ2n) is 26.1. The molecule has 0 aliphatic rings. The summed E-state index contributed by atoms with van der Waals surface area (Å²) in [6.45, 7) is 7.04.